The Bertz CT molecular complexity index is 766. The second-order valence-electron chi connectivity index (χ2n) is 4.49. The maximum Gasteiger partial charge on any atom is 0.338 e. The van der Waals surface area contributed by atoms with Crippen molar-refractivity contribution in [3.8, 4) is 0 Å². The molecule has 3 N–H and O–H groups in total. The number of carbonyl (C=O) groups is 2. The Morgan fingerprint density at radius 1 is 1.00 bits per heavy atom. The lowest BCUT2D eigenvalue weighted by Crippen LogP contribution is -2.21. The van der Waals surface area contributed by atoms with Crippen molar-refractivity contribution < 1.29 is 14.3 Å². The van der Waals surface area contributed by atoms with Gasteiger partial charge in [0.2, 0.25) is 0 Å². The molecule has 8 heteroatoms. The summed E-state index contributed by atoms with van der Waals surface area (Å²) >= 11 is 17.4. The van der Waals surface area contributed by atoms with Crippen molar-refractivity contribution in [2.24, 2.45) is 0 Å². The number of hydrogen-bond donors (Lipinski definition) is 2. The monoisotopic (exact) mass is 372 g/mol. The lowest BCUT2D eigenvalue weighted by Gasteiger charge is -2.08. The van der Waals surface area contributed by atoms with Crippen molar-refractivity contribution in [1.82, 2.24) is 0 Å². The summed E-state index contributed by atoms with van der Waals surface area (Å²) in [6.45, 7) is -0.457. The van der Waals surface area contributed by atoms with Crippen LogP contribution in [-0.4, -0.2) is 18.5 Å². The first-order chi connectivity index (χ1) is 10.9. The minimum Gasteiger partial charge on any atom is -0.452 e. The van der Waals surface area contributed by atoms with Crippen LogP contribution >= 0.6 is 34.8 Å². The van der Waals surface area contributed by atoms with E-state index in [1.165, 1.54) is 24.3 Å². The average Bonchev–Trinajstić information content (AvgIpc) is 2.51. The van der Waals surface area contributed by atoms with E-state index >= 15 is 0 Å². The van der Waals surface area contributed by atoms with E-state index < -0.39 is 18.5 Å². The fourth-order valence-electron chi connectivity index (χ4n) is 1.66. The molecule has 0 aliphatic carbocycles. The largest absolute Gasteiger partial charge is 0.452 e. The van der Waals surface area contributed by atoms with Gasteiger partial charge in [0.05, 0.1) is 26.3 Å². The van der Waals surface area contributed by atoms with E-state index in [4.69, 9.17) is 45.3 Å². The first kappa shape index (κ1) is 17.4. The third kappa shape index (κ3) is 4.76. The summed E-state index contributed by atoms with van der Waals surface area (Å²) in [7, 11) is 0. The van der Waals surface area contributed by atoms with Gasteiger partial charge in [-0.2, -0.15) is 0 Å². The lowest BCUT2D eigenvalue weighted by molar-refractivity contribution is -0.119. The molecular weight excluding hydrogens is 363 g/mol. The van der Waals surface area contributed by atoms with Gasteiger partial charge in [-0.05, 0) is 36.4 Å². The number of ether oxygens (including phenoxy) is 1. The number of rotatable bonds is 4. The molecule has 0 saturated carbocycles. The number of benzene rings is 2. The van der Waals surface area contributed by atoms with E-state index in [-0.39, 0.29) is 11.3 Å². The highest BCUT2D eigenvalue weighted by Crippen LogP contribution is 2.25. The summed E-state index contributed by atoms with van der Waals surface area (Å²) in [5.74, 6) is -1.20. The number of nitrogen functional groups attached to an aromatic ring is 1. The number of esters is 1. The molecule has 2 aromatic rings. The van der Waals surface area contributed by atoms with Crippen LogP contribution < -0.4 is 11.1 Å². The average molecular weight is 374 g/mol. The molecule has 2 rings (SSSR count). The fraction of sp³-hybridized carbons (Fsp3) is 0.0667. The fourth-order valence-corrected chi connectivity index (χ4v) is 2.07. The zero-order valence-electron chi connectivity index (χ0n) is 11.6. The molecule has 0 aliphatic rings. The van der Waals surface area contributed by atoms with Crippen molar-refractivity contribution in [1.29, 1.82) is 0 Å². The van der Waals surface area contributed by atoms with Crippen molar-refractivity contribution >= 4 is 58.1 Å². The third-order valence-electron chi connectivity index (χ3n) is 2.77. The minimum atomic E-state index is -0.683. The Hall–Kier alpha value is -1.95. The SMILES string of the molecule is Nc1cc(C(=O)OCC(=O)Nc2ccc(Cl)c(Cl)c2)ccc1Cl. The Labute approximate surface area is 147 Å². The number of amides is 1. The molecule has 0 radical (unpaired) electrons. The molecule has 0 unspecified atom stereocenters. The number of halogens is 3. The molecule has 0 heterocycles. The van der Waals surface area contributed by atoms with E-state index in [9.17, 15) is 9.59 Å². The molecule has 120 valence electrons. The maximum atomic E-state index is 11.8. The smallest absolute Gasteiger partial charge is 0.338 e. The molecule has 0 aromatic heterocycles. The Morgan fingerprint density at radius 2 is 1.70 bits per heavy atom. The highest BCUT2D eigenvalue weighted by Gasteiger charge is 2.12. The number of nitrogens with two attached hydrogens (primary N) is 1. The number of carbonyl (C=O) groups excluding carboxylic acids is 2. The predicted octanol–water partition coefficient (Wildman–Crippen LogP) is 4.02. The second kappa shape index (κ2) is 7.55. The molecule has 0 aliphatic heterocycles. The van der Waals surface area contributed by atoms with Gasteiger partial charge in [-0.15, -0.1) is 0 Å². The molecular formula is C15H11Cl3N2O3. The van der Waals surface area contributed by atoms with Gasteiger partial charge in [0.25, 0.3) is 5.91 Å². The molecule has 0 fully saturated rings. The van der Waals surface area contributed by atoms with Crippen LogP contribution in [-0.2, 0) is 9.53 Å². The number of nitrogens with one attached hydrogen (secondary N) is 1. The highest BCUT2D eigenvalue weighted by atomic mass is 35.5. The van der Waals surface area contributed by atoms with Gasteiger partial charge in [0.1, 0.15) is 0 Å². The Morgan fingerprint density at radius 3 is 2.35 bits per heavy atom. The van der Waals surface area contributed by atoms with Crippen LogP contribution in [0.3, 0.4) is 0 Å². The van der Waals surface area contributed by atoms with Gasteiger partial charge in [-0.3, -0.25) is 4.79 Å². The maximum absolute atomic E-state index is 11.8. The molecule has 0 bridgehead atoms. The zero-order valence-corrected chi connectivity index (χ0v) is 13.9. The van der Waals surface area contributed by atoms with Crippen LogP contribution in [0.15, 0.2) is 36.4 Å². The standard InChI is InChI=1S/C15H11Cl3N2O3/c16-10-4-2-9(6-12(10)18)20-14(21)7-23-15(22)8-1-3-11(17)13(19)5-8/h1-6H,7,19H2,(H,20,21). The summed E-state index contributed by atoms with van der Waals surface area (Å²) < 4.78 is 4.90. The summed E-state index contributed by atoms with van der Waals surface area (Å²) in [6.07, 6.45) is 0. The van der Waals surface area contributed by atoms with Gasteiger partial charge >= 0.3 is 5.97 Å². The van der Waals surface area contributed by atoms with Gasteiger partial charge in [0.15, 0.2) is 6.61 Å². The zero-order chi connectivity index (χ0) is 17.0. The minimum absolute atomic E-state index is 0.203. The topological polar surface area (TPSA) is 81.4 Å². The van der Waals surface area contributed by atoms with Crippen molar-refractivity contribution in [3.63, 3.8) is 0 Å². The highest BCUT2D eigenvalue weighted by molar-refractivity contribution is 6.42. The van der Waals surface area contributed by atoms with Crippen LogP contribution in [0.4, 0.5) is 11.4 Å². The van der Waals surface area contributed by atoms with E-state index in [1.807, 2.05) is 0 Å². The summed E-state index contributed by atoms with van der Waals surface area (Å²) in [5.41, 5.74) is 6.50. The van der Waals surface area contributed by atoms with Gasteiger partial charge in [-0.1, -0.05) is 34.8 Å². The molecule has 0 atom stereocenters. The summed E-state index contributed by atoms with van der Waals surface area (Å²) in [4.78, 5) is 23.6. The molecule has 1 amide bonds. The number of anilines is 2. The van der Waals surface area contributed by atoms with Crippen LogP contribution in [0.25, 0.3) is 0 Å². The van der Waals surface area contributed by atoms with Gasteiger partial charge in [0, 0.05) is 5.69 Å². The van der Waals surface area contributed by atoms with Crippen molar-refractivity contribution in [2.75, 3.05) is 17.7 Å². The van der Waals surface area contributed by atoms with Crippen molar-refractivity contribution in [2.45, 2.75) is 0 Å². The lowest BCUT2D eigenvalue weighted by atomic mass is 10.2. The third-order valence-corrected chi connectivity index (χ3v) is 3.85. The van der Waals surface area contributed by atoms with E-state index in [0.29, 0.717) is 20.8 Å². The first-order valence-electron chi connectivity index (χ1n) is 6.34. The van der Waals surface area contributed by atoms with Gasteiger partial charge in [-0.25, -0.2) is 4.79 Å². The normalized spacial score (nSPS) is 10.2. The quantitative estimate of drug-likeness (QED) is 0.626. The van der Waals surface area contributed by atoms with Crippen LogP contribution in [0, 0.1) is 0 Å². The summed E-state index contributed by atoms with van der Waals surface area (Å²) in [6, 6.07) is 8.92. The van der Waals surface area contributed by atoms with Crippen LogP contribution in [0.2, 0.25) is 15.1 Å². The molecule has 2 aromatic carbocycles. The second-order valence-corrected chi connectivity index (χ2v) is 5.71. The van der Waals surface area contributed by atoms with Crippen LogP contribution in [0.1, 0.15) is 10.4 Å². The molecule has 23 heavy (non-hydrogen) atoms. The Balaban J connectivity index is 1.91. The van der Waals surface area contributed by atoms with E-state index in [1.54, 1.807) is 12.1 Å². The molecule has 0 saturated heterocycles. The Kier molecular flexibility index (Phi) is 5.71. The number of hydrogen-bond acceptors (Lipinski definition) is 4. The summed E-state index contributed by atoms with van der Waals surface area (Å²) in [5, 5.41) is 3.54. The van der Waals surface area contributed by atoms with E-state index in [0.717, 1.165) is 0 Å². The van der Waals surface area contributed by atoms with Crippen LogP contribution in [0.5, 0.6) is 0 Å². The molecule has 0 spiro atoms. The first-order valence-corrected chi connectivity index (χ1v) is 7.47. The van der Waals surface area contributed by atoms with E-state index in [2.05, 4.69) is 5.32 Å². The van der Waals surface area contributed by atoms with Crippen molar-refractivity contribution in [3.05, 3.63) is 57.0 Å². The predicted molar refractivity (Wildman–Crippen MR) is 91.2 cm³/mol. The molecule has 5 nitrogen and oxygen atoms in total. The van der Waals surface area contributed by atoms with Gasteiger partial charge < -0.3 is 15.8 Å².